The maximum absolute atomic E-state index is 13.3. The first-order valence-corrected chi connectivity index (χ1v) is 12.0. The van der Waals surface area contributed by atoms with Crippen molar-refractivity contribution >= 4 is 5.91 Å². The van der Waals surface area contributed by atoms with Gasteiger partial charge in [-0.15, -0.1) is 0 Å². The summed E-state index contributed by atoms with van der Waals surface area (Å²) in [7, 11) is 1.73. The van der Waals surface area contributed by atoms with Gasteiger partial charge in [-0.05, 0) is 86.6 Å². The molecule has 0 radical (unpaired) electrons. The summed E-state index contributed by atoms with van der Waals surface area (Å²) in [5, 5.41) is 12.7. The minimum absolute atomic E-state index is 0.111. The minimum atomic E-state index is 0.111. The van der Waals surface area contributed by atoms with E-state index in [9.17, 15) is 9.90 Å². The molecule has 3 fully saturated rings. The number of hydrogen-bond acceptors (Lipinski definition) is 5. The molecule has 6 heteroatoms. The zero-order valence-electron chi connectivity index (χ0n) is 18.9. The van der Waals surface area contributed by atoms with Gasteiger partial charge in [0.15, 0.2) is 0 Å². The molecule has 0 bridgehead atoms. The summed E-state index contributed by atoms with van der Waals surface area (Å²) in [6, 6.07) is 6.87. The zero-order valence-corrected chi connectivity index (χ0v) is 18.9. The Morgan fingerprint density at radius 1 is 1.19 bits per heavy atom. The van der Waals surface area contributed by atoms with E-state index in [1.165, 1.54) is 5.56 Å². The molecule has 1 saturated heterocycles. The number of piperidine rings is 1. The number of aryl methyl sites for hydroxylation is 1. The van der Waals surface area contributed by atoms with Crippen LogP contribution in [0.1, 0.15) is 49.7 Å². The number of methoxy groups -OCH3 is 1. The first kappa shape index (κ1) is 22.6. The van der Waals surface area contributed by atoms with Crippen molar-refractivity contribution in [3.8, 4) is 5.75 Å². The quantitative estimate of drug-likeness (QED) is 0.499. The van der Waals surface area contributed by atoms with Crippen molar-refractivity contribution in [1.29, 1.82) is 0 Å². The normalized spacial score (nSPS) is 25.3. The fourth-order valence-corrected chi connectivity index (χ4v) is 4.68. The van der Waals surface area contributed by atoms with E-state index in [1.54, 1.807) is 7.11 Å². The second-order valence-corrected chi connectivity index (χ2v) is 9.57. The first-order chi connectivity index (χ1) is 15.2. The lowest BCUT2D eigenvalue weighted by Crippen LogP contribution is -2.43. The van der Waals surface area contributed by atoms with Gasteiger partial charge in [-0.2, -0.15) is 0 Å². The molecule has 0 unspecified atom stereocenters. The van der Waals surface area contributed by atoms with Gasteiger partial charge in [-0.3, -0.25) is 4.79 Å². The van der Waals surface area contributed by atoms with Crippen LogP contribution >= 0.6 is 0 Å². The minimum Gasteiger partial charge on any atom is -0.493 e. The Bertz CT molecular complexity index is 730. The average molecular weight is 431 g/mol. The van der Waals surface area contributed by atoms with Gasteiger partial charge >= 0.3 is 0 Å². The smallest absolute Gasteiger partial charge is 0.227 e. The van der Waals surface area contributed by atoms with Crippen molar-refractivity contribution in [1.82, 2.24) is 10.2 Å². The van der Waals surface area contributed by atoms with E-state index in [0.717, 1.165) is 76.0 Å². The number of ether oxygens (including phenoxy) is 2. The lowest BCUT2D eigenvalue weighted by atomic mass is 9.97. The van der Waals surface area contributed by atoms with Crippen molar-refractivity contribution in [3.05, 3.63) is 29.3 Å². The highest BCUT2D eigenvalue weighted by Crippen LogP contribution is 2.38. The van der Waals surface area contributed by atoms with E-state index in [2.05, 4.69) is 28.4 Å². The molecule has 4 rings (SSSR count). The molecular weight excluding hydrogens is 392 g/mol. The van der Waals surface area contributed by atoms with E-state index >= 15 is 0 Å². The largest absolute Gasteiger partial charge is 0.493 e. The predicted octanol–water partition coefficient (Wildman–Crippen LogP) is 2.76. The molecule has 0 aromatic heterocycles. The van der Waals surface area contributed by atoms with Gasteiger partial charge < -0.3 is 24.8 Å². The van der Waals surface area contributed by atoms with E-state index in [4.69, 9.17) is 9.47 Å². The molecule has 1 aromatic rings. The third kappa shape index (κ3) is 6.43. The zero-order chi connectivity index (χ0) is 21.6. The Balaban J connectivity index is 1.45. The molecule has 2 aliphatic carbocycles. The van der Waals surface area contributed by atoms with Gasteiger partial charge in [0.25, 0.3) is 0 Å². The van der Waals surface area contributed by atoms with Crippen LogP contribution in [-0.4, -0.2) is 62.0 Å². The Morgan fingerprint density at radius 2 is 2.03 bits per heavy atom. The van der Waals surface area contributed by atoms with Gasteiger partial charge in [-0.25, -0.2) is 0 Å². The highest BCUT2D eigenvalue weighted by Gasteiger charge is 2.37. The molecule has 3 atom stereocenters. The van der Waals surface area contributed by atoms with Crippen molar-refractivity contribution in [3.63, 3.8) is 0 Å². The number of amides is 1. The number of rotatable bonds is 12. The molecule has 2 N–H and O–H groups in total. The monoisotopic (exact) mass is 430 g/mol. The van der Waals surface area contributed by atoms with Crippen molar-refractivity contribution in [2.45, 2.75) is 57.5 Å². The molecule has 1 aromatic carbocycles. The van der Waals surface area contributed by atoms with Crippen LogP contribution in [0, 0.1) is 17.8 Å². The highest BCUT2D eigenvalue weighted by molar-refractivity contribution is 5.80. The fraction of sp³-hybridized carbons (Fsp3) is 0.720. The number of carbonyl (C=O) groups excluding carboxylic acids is 1. The lowest BCUT2D eigenvalue weighted by Gasteiger charge is -2.30. The van der Waals surface area contributed by atoms with Gasteiger partial charge in [0.1, 0.15) is 5.75 Å². The lowest BCUT2D eigenvalue weighted by molar-refractivity contribution is -0.137. The molecule has 0 spiro atoms. The second kappa shape index (κ2) is 10.8. The molecular formula is C25H38N2O4. The third-order valence-electron chi connectivity index (χ3n) is 6.88. The van der Waals surface area contributed by atoms with Crippen LogP contribution < -0.4 is 10.1 Å². The summed E-state index contributed by atoms with van der Waals surface area (Å²) in [4.78, 5) is 15.4. The molecule has 1 heterocycles. The second-order valence-electron chi connectivity index (χ2n) is 9.57. The third-order valence-corrected chi connectivity index (χ3v) is 6.88. The number of nitrogens with one attached hydrogen (secondary N) is 1. The van der Waals surface area contributed by atoms with Crippen LogP contribution in [0.5, 0.6) is 5.75 Å². The number of hydrogen-bond donors (Lipinski definition) is 2. The van der Waals surface area contributed by atoms with Gasteiger partial charge in [-0.1, -0.05) is 6.07 Å². The number of benzene rings is 1. The number of nitrogens with zero attached hydrogens (tertiary/aromatic N) is 1. The number of carbonyl (C=O) groups is 1. The van der Waals surface area contributed by atoms with Crippen LogP contribution in [0.25, 0.3) is 0 Å². The number of aliphatic hydroxyl groups excluding tert-OH is 1. The maximum Gasteiger partial charge on any atom is 0.227 e. The first-order valence-electron chi connectivity index (χ1n) is 12.0. The van der Waals surface area contributed by atoms with Crippen LogP contribution in [0.4, 0.5) is 0 Å². The van der Waals surface area contributed by atoms with Gasteiger partial charge in [0, 0.05) is 39.5 Å². The number of aliphatic hydroxyl groups is 1. The van der Waals surface area contributed by atoms with Gasteiger partial charge in [0.05, 0.1) is 12.5 Å². The summed E-state index contributed by atoms with van der Waals surface area (Å²) in [6.45, 7) is 4.14. The average Bonchev–Trinajstić information content (AvgIpc) is 3.71. The van der Waals surface area contributed by atoms with E-state index < -0.39 is 0 Å². The molecule has 6 nitrogen and oxygen atoms in total. The van der Waals surface area contributed by atoms with Crippen LogP contribution in [0.15, 0.2) is 18.2 Å². The Hall–Kier alpha value is -1.63. The van der Waals surface area contributed by atoms with Crippen molar-refractivity contribution in [2.24, 2.45) is 17.8 Å². The Morgan fingerprint density at radius 3 is 2.71 bits per heavy atom. The fourth-order valence-electron chi connectivity index (χ4n) is 4.68. The van der Waals surface area contributed by atoms with Crippen molar-refractivity contribution < 1.29 is 19.4 Å². The van der Waals surface area contributed by atoms with Crippen LogP contribution in [-0.2, 0) is 22.5 Å². The molecule has 2 saturated carbocycles. The predicted molar refractivity (Wildman–Crippen MR) is 120 cm³/mol. The van der Waals surface area contributed by atoms with E-state index in [0.29, 0.717) is 36.9 Å². The Kier molecular flexibility index (Phi) is 7.86. The Labute approximate surface area is 186 Å². The standard InChI is InChI=1S/C25H38N2O4/c1-30-9-3-4-18-10-19(12-24(11-18)31-17-22-13-21(22)16-28)15-27(23-6-7-23)25(29)20-5-2-8-26-14-20/h10-12,20-23,26,28H,2-9,13-17H2,1H3/t20-,21+,22+/m1/s1. The SMILES string of the molecule is COCCCc1cc(CN(C(=O)[C@@H]2CCCNC2)C2CC2)cc(OC[C@@H]2C[C@H]2CO)c1. The highest BCUT2D eigenvalue weighted by atomic mass is 16.5. The maximum atomic E-state index is 13.3. The summed E-state index contributed by atoms with van der Waals surface area (Å²) >= 11 is 0. The van der Waals surface area contributed by atoms with E-state index in [1.807, 2.05) is 0 Å². The molecule has 1 aliphatic heterocycles. The summed E-state index contributed by atoms with van der Waals surface area (Å²) in [6.07, 6.45) is 7.26. The topological polar surface area (TPSA) is 71.0 Å². The molecule has 31 heavy (non-hydrogen) atoms. The van der Waals surface area contributed by atoms with Gasteiger partial charge in [0.2, 0.25) is 5.91 Å². The molecule has 1 amide bonds. The van der Waals surface area contributed by atoms with Crippen LogP contribution in [0.3, 0.4) is 0 Å². The van der Waals surface area contributed by atoms with Crippen molar-refractivity contribution in [2.75, 3.05) is 40.0 Å². The summed E-state index contributed by atoms with van der Waals surface area (Å²) < 4.78 is 11.4. The summed E-state index contributed by atoms with van der Waals surface area (Å²) in [5.74, 6) is 2.17. The van der Waals surface area contributed by atoms with E-state index in [-0.39, 0.29) is 12.5 Å². The molecule has 3 aliphatic rings. The van der Waals surface area contributed by atoms with Crippen LogP contribution in [0.2, 0.25) is 0 Å². The summed E-state index contributed by atoms with van der Waals surface area (Å²) in [5.41, 5.74) is 2.39. The molecule has 172 valence electrons.